The summed E-state index contributed by atoms with van der Waals surface area (Å²) in [5, 5.41) is 10.2. The molecule has 3 heteroatoms. The summed E-state index contributed by atoms with van der Waals surface area (Å²) < 4.78 is 0. The van der Waals surface area contributed by atoms with Gasteiger partial charge >= 0.3 is 0 Å². The van der Waals surface area contributed by atoms with E-state index in [4.69, 9.17) is 0 Å². The number of hydrogen-bond donors (Lipinski definition) is 1. The molecule has 0 aromatic heterocycles. The number of hydrogen-bond acceptors (Lipinski definition) is 3. The number of thioether (sulfide) groups is 1. The lowest BCUT2D eigenvalue weighted by molar-refractivity contribution is 0.184. The zero-order valence-corrected chi connectivity index (χ0v) is 9.66. The predicted octanol–water partition coefficient (Wildman–Crippen LogP) is 3.07. The smallest absolute Gasteiger partial charge is 0.123 e. The van der Waals surface area contributed by atoms with Crippen molar-refractivity contribution in [3.8, 4) is 0 Å². The summed E-state index contributed by atoms with van der Waals surface area (Å²) in [4.78, 5) is 6.72. The molecule has 0 amide bonds. The molecule has 16 heavy (non-hydrogen) atoms. The maximum atomic E-state index is 10.2. The number of nitrogens with zero attached hydrogens (tertiary/aromatic N) is 1. The monoisotopic (exact) mass is 229 g/mol. The van der Waals surface area contributed by atoms with Crippen LogP contribution in [0, 0.1) is 0 Å². The van der Waals surface area contributed by atoms with Gasteiger partial charge in [0.25, 0.3) is 0 Å². The third kappa shape index (κ3) is 1.44. The molecule has 2 nitrogen and oxygen atoms in total. The molecule has 2 aliphatic rings. The number of rotatable bonds is 0. The first kappa shape index (κ1) is 9.87. The van der Waals surface area contributed by atoms with Gasteiger partial charge in [0.15, 0.2) is 0 Å². The number of benzene rings is 1. The average Bonchev–Trinajstić information content (AvgIpc) is 2.27. The Bertz CT molecular complexity index is 541. The molecule has 0 spiro atoms. The minimum absolute atomic E-state index is 0.749. The maximum Gasteiger partial charge on any atom is 0.123 e. The normalized spacial score (nSPS) is 26.6. The van der Waals surface area contributed by atoms with Crippen LogP contribution in [0.2, 0.25) is 0 Å². The van der Waals surface area contributed by atoms with Gasteiger partial charge in [-0.05, 0) is 31.2 Å². The van der Waals surface area contributed by atoms with Gasteiger partial charge in [0, 0.05) is 9.80 Å². The molecule has 1 aliphatic heterocycles. The summed E-state index contributed by atoms with van der Waals surface area (Å²) >= 11 is 1.66. The highest BCUT2D eigenvalue weighted by Crippen LogP contribution is 2.43. The van der Waals surface area contributed by atoms with Crippen molar-refractivity contribution in [2.45, 2.75) is 17.4 Å². The fourth-order valence-electron chi connectivity index (χ4n) is 1.86. The van der Waals surface area contributed by atoms with Crippen LogP contribution in [-0.2, 0) is 0 Å². The Morgan fingerprint density at radius 1 is 1.31 bits per heavy atom. The largest absolute Gasteiger partial charge is 0.380 e. The molecule has 1 heterocycles. The minimum atomic E-state index is -0.954. The zero-order valence-electron chi connectivity index (χ0n) is 8.84. The van der Waals surface area contributed by atoms with Crippen molar-refractivity contribution < 1.29 is 5.11 Å². The van der Waals surface area contributed by atoms with Crippen molar-refractivity contribution in [2.24, 2.45) is 4.99 Å². The molecule has 0 bridgehead atoms. The molecule has 1 N–H and O–H groups in total. The topological polar surface area (TPSA) is 32.6 Å². The maximum absolute atomic E-state index is 10.2. The van der Waals surface area contributed by atoms with Gasteiger partial charge in [-0.1, -0.05) is 30.0 Å². The third-order valence-corrected chi connectivity index (χ3v) is 3.81. The van der Waals surface area contributed by atoms with E-state index in [0.29, 0.717) is 0 Å². The van der Waals surface area contributed by atoms with Crippen LogP contribution in [0.25, 0.3) is 0 Å². The van der Waals surface area contributed by atoms with E-state index in [2.05, 4.69) is 4.99 Å². The fraction of sp³-hybridized carbons (Fsp3) is 0.154. The highest BCUT2D eigenvalue weighted by atomic mass is 32.2. The van der Waals surface area contributed by atoms with E-state index in [1.165, 1.54) is 0 Å². The molecule has 80 valence electrons. The number of allylic oxidation sites excluding steroid dienone is 2. The predicted molar refractivity (Wildman–Crippen MR) is 67.2 cm³/mol. The highest BCUT2D eigenvalue weighted by molar-refractivity contribution is 8.04. The molecule has 0 saturated carbocycles. The van der Waals surface area contributed by atoms with Gasteiger partial charge in [-0.15, -0.1) is 0 Å². The number of para-hydroxylation sites is 1. The van der Waals surface area contributed by atoms with E-state index in [-0.39, 0.29) is 0 Å². The lowest BCUT2D eigenvalue weighted by Gasteiger charge is -2.29. The molecule has 1 atom stereocenters. The lowest BCUT2D eigenvalue weighted by atomic mass is 9.95. The molecule has 0 saturated heterocycles. The summed E-state index contributed by atoms with van der Waals surface area (Å²) in [6, 6.07) is 7.99. The lowest BCUT2D eigenvalue weighted by Crippen LogP contribution is -2.35. The van der Waals surface area contributed by atoms with Gasteiger partial charge in [0.05, 0.1) is 11.4 Å². The van der Waals surface area contributed by atoms with Crippen LogP contribution in [0.5, 0.6) is 0 Å². The van der Waals surface area contributed by atoms with Crippen LogP contribution in [0.15, 0.2) is 57.3 Å². The molecule has 1 unspecified atom stereocenters. The van der Waals surface area contributed by atoms with Crippen LogP contribution in [0.4, 0.5) is 5.69 Å². The van der Waals surface area contributed by atoms with Crippen molar-refractivity contribution in [1.82, 2.24) is 0 Å². The molecule has 1 aliphatic carbocycles. The van der Waals surface area contributed by atoms with Crippen molar-refractivity contribution in [3.05, 3.63) is 47.4 Å². The van der Waals surface area contributed by atoms with E-state index in [1.807, 2.05) is 36.4 Å². The quantitative estimate of drug-likeness (QED) is 0.741. The number of aliphatic hydroxyl groups is 1. The fourth-order valence-corrected chi connectivity index (χ4v) is 2.95. The summed E-state index contributed by atoms with van der Waals surface area (Å²) in [6.45, 7) is 1.77. The van der Waals surface area contributed by atoms with Gasteiger partial charge in [0.1, 0.15) is 5.60 Å². The molecule has 0 radical (unpaired) electrons. The van der Waals surface area contributed by atoms with Gasteiger partial charge in [-0.2, -0.15) is 0 Å². The van der Waals surface area contributed by atoms with E-state index in [9.17, 15) is 5.11 Å². The summed E-state index contributed by atoms with van der Waals surface area (Å²) in [6.07, 6.45) is 5.65. The zero-order chi connectivity index (χ0) is 11.2. The first-order valence-corrected chi connectivity index (χ1v) is 5.97. The second-order valence-electron chi connectivity index (χ2n) is 4.07. The molecule has 3 rings (SSSR count). The number of fused-ring (bicyclic) bond motifs is 2. The Morgan fingerprint density at radius 3 is 3.00 bits per heavy atom. The van der Waals surface area contributed by atoms with E-state index in [0.717, 1.165) is 21.2 Å². The first-order valence-electron chi connectivity index (χ1n) is 5.15. The van der Waals surface area contributed by atoms with Crippen LogP contribution in [0.3, 0.4) is 0 Å². The Morgan fingerprint density at radius 2 is 2.12 bits per heavy atom. The summed E-state index contributed by atoms with van der Waals surface area (Å²) in [5.41, 5.74) is 0.735. The van der Waals surface area contributed by atoms with Gasteiger partial charge < -0.3 is 5.11 Å². The number of aliphatic imine (C=N–C) groups is 1. The molecular weight excluding hydrogens is 218 g/mol. The van der Waals surface area contributed by atoms with Gasteiger partial charge in [-0.25, -0.2) is 4.99 Å². The van der Waals surface area contributed by atoms with Crippen molar-refractivity contribution in [2.75, 3.05) is 0 Å². The van der Waals surface area contributed by atoms with E-state index < -0.39 is 5.60 Å². The first-order chi connectivity index (χ1) is 7.67. The Balaban J connectivity index is 2.19. The van der Waals surface area contributed by atoms with Crippen LogP contribution in [0.1, 0.15) is 6.92 Å². The van der Waals surface area contributed by atoms with Gasteiger partial charge in [0.2, 0.25) is 0 Å². The van der Waals surface area contributed by atoms with E-state index >= 15 is 0 Å². The van der Waals surface area contributed by atoms with Crippen LogP contribution in [-0.4, -0.2) is 16.4 Å². The minimum Gasteiger partial charge on any atom is -0.380 e. The Hall–Kier alpha value is -1.32. The van der Waals surface area contributed by atoms with Crippen molar-refractivity contribution in [1.29, 1.82) is 0 Å². The summed E-state index contributed by atoms with van der Waals surface area (Å²) in [5.74, 6) is 0. The van der Waals surface area contributed by atoms with Gasteiger partial charge in [-0.3, -0.25) is 0 Å². The molecule has 0 fully saturated rings. The Kier molecular flexibility index (Phi) is 2.06. The molecular formula is C13H11NOS. The van der Waals surface area contributed by atoms with Crippen LogP contribution < -0.4 is 0 Å². The second-order valence-corrected chi connectivity index (χ2v) is 5.15. The molecule has 1 aromatic carbocycles. The van der Waals surface area contributed by atoms with Crippen molar-refractivity contribution >= 4 is 23.2 Å². The highest BCUT2D eigenvalue weighted by Gasteiger charge is 2.32. The Labute approximate surface area is 98.4 Å². The third-order valence-electron chi connectivity index (χ3n) is 2.70. The SMILES string of the molecule is CC1(O)C=CC=C2Sc3ccccc3N=C21. The standard InChI is InChI=1S/C13H11NOS/c1-13(15)8-4-7-11-12(13)14-9-5-2-3-6-10(9)16-11/h2-8,15H,1H3. The average molecular weight is 229 g/mol. The molecule has 1 aromatic rings. The van der Waals surface area contributed by atoms with Crippen LogP contribution >= 0.6 is 11.8 Å². The second kappa shape index (κ2) is 3.34. The van der Waals surface area contributed by atoms with Crippen molar-refractivity contribution in [3.63, 3.8) is 0 Å². The van der Waals surface area contributed by atoms with E-state index in [1.54, 1.807) is 24.8 Å². The summed E-state index contributed by atoms with van der Waals surface area (Å²) in [7, 11) is 0.